The Hall–Kier alpha value is -13.7. The molecule has 3 aromatic carbocycles. The first-order chi connectivity index (χ1) is 59.7. The van der Waals surface area contributed by atoms with Crippen LogP contribution in [0.1, 0.15) is 135 Å². The van der Waals surface area contributed by atoms with Gasteiger partial charge in [-0.1, -0.05) is 24.3 Å². The fourth-order valence-electron chi connectivity index (χ4n) is 17.8. The number of benzene rings is 3. The molecule has 4 saturated carbocycles. The van der Waals surface area contributed by atoms with E-state index in [1.807, 2.05) is 36.1 Å². The molecule has 4 aliphatic carbocycles. The molecule has 630 valence electrons. The van der Waals surface area contributed by atoms with Crippen molar-refractivity contribution in [1.82, 2.24) is 94.4 Å². The van der Waals surface area contributed by atoms with Crippen LogP contribution in [0.3, 0.4) is 0 Å². The van der Waals surface area contributed by atoms with Crippen molar-refractivity contribution in [3.8, 4) is 57.7 Å². The van der Waals surface area contributed by atoms with Crippen molar-refractivity contribution in [2.45, 2.75) is 126 Å². The second-order valence-electron chi connectivity index (χ2n) is 31.0. The number of alkyl halides is 6. The Labute approximate surface area is 696 Å². The fourth-order valence-corrected chi connectivity index (χ4v) is 17.8. The first-order valence-corrected chi connectivity index (χ1v) is 39.9. The molecule has 12 unspecified atom stereocenters. The smallest absolute Gasteiger partial charge is 0.275 e. The number of carbonyl (C=O) groups is 4. The first-order valence-electron chi connectivity index (χ1n) is 39.9. The van der Waals surface area contributed by atoms with Gasteiger partial charge in [-0.2, -0.15) is 25.2 Å². The van der Waals surface area contributed by atoms with E-state index in [0.29, 0.717) is 78.3 Å². The van der Waals surface area contributed by atoms with Crippen LogP contribution in [0.25, 0.3) is 34.2 Å². The molecule has 8 bridgehead atoms. The van der Waals surface area contributed by atoms with Crippen molar-refractivity contribution in [3.63, 3.8) is 0 Å². The molecule has 4 saturated heterocycles. The van der Waals surface area contributed by atoms with E-state index in [0.717, 1.165) is 81.8 Å². The van der Waals surface area contributed by atoms with E-state index in [-0.39, 0.29) is 140 Å². The normalized spacial score (nSPS) is 22.3. The van der Waals surface area contributed by atoms with Crippen molar-refractivity contribution in [1.29, 1.82) is 0 Å². The van der Waals surface area contributed by atoms with Gasteiger partial charge in [-0.15, -0.1) is 4.80 Å². The monoisotopic (exact) mass is 1690 g/mol. The van der Waals surface area contributed by atoms with Crippen LogP contribution in [-0.2, 0) is 0 Å². The average molecular weight is 1690 g/mol. The number of aryl methyl sites for hydroxylation is 1. The third-order valence-electron chi connectivity index (χ3n) is 23.3. The predicted octanol–water partition coefficient (Wildman–Crippen LogP) is 14.1. The molecular formula is C87H76F9N19O8. The summed E-state index contributed by atoms with van der Waals surface area (Å²) in [5.74, 6) is 0.255. The van der Waals surface area contributed by atoms with Gasteiger partial charge in [0.15, 0.2) is 17.3 Å². The molecule has 12 aromatic rings. The molecule has 123 heavy (non-hydrogen) atoms. The molecule has 0 spiro atoms. The molecule has 0 radical (unpaired) electrons. The number of piperidine rings is 4. The van der Waals surface area contributed by atoms with Gasteiger partial charge in [0.25, 0.3) is 42.9 Å². The minimum Gasteiger partial charge on any atom is -0.472 e. The molecule has 8 aliphatic rings. The van der Waals surface area contributed by atoms with Gasteiger partial charge >= 0.3 is 0 Å². The SMILES string of the molecule is Cc1ccc(-n2nccn2)c(C(=O)N2CC3CC(Oc4ccc(C(F)F)cn4)C2C3)n1.O=C(c1cccc(F)c1-c1ncccn1)N1CC2CC(Oc3ccc(C(F)F)cn3)C1C2.O=C(c1cccc(F)c1-c1ncccn1)N1CC2CC(Oc3ccc(F)cn3)C1C2.O=C(c1ccccc1-n1nccn1)N1CC2CC(Oc3ccc(C(F)F)cn3)C1C2. The van der Waals surface area contributed by atoms with E-state index in [4.69, 9.17) is 18.9 Å². The Morgan fingerprint density at radius 2 is 0.699 bits per heavy atom. The highest BCUT2D eigenvalue weighted by molar-refractivity contribution is 6.02. The Balaban J connectivity index is 0.000000116. The summed E-state index contributed by atoms with van der Waals surface area (Å²) >= 11 is 0. The largest absolute Gasteiger partial charge is 0.472 e. The lowest BCUT2D eigenvalue weighted by Gasteiger charge is -2.33. The van der Waals surface area contributed by atoms with Crippen LogP contribution in [0.4, 0.5) is 39.5 Å². The molecule has 27 nitrogen and oxygen atoms in total. The van der Waals surface area contributed by atoms with Crippen molar-refractivity contribution in [2.24, 2.45) is 23.7 Å². The standard InChI is InChI=1S/C23H19F3N4O2.C22H18F2N4O2.C21H20F2N6O2.C21H19F2N5O2/c24-16-4-1-3-15(20(16)22-27-7-2-8-28-22)23(31)30-12-13-9-17(30)18(10-13)32-19-6-5-14(11-29-19)21(25)26;23-14-5-6-19(27-11-14)30-18-10-13-9-17(18)28(12-13)22(29)15-3-1-4-16(24)20(15)21-25-7-2-8-26-21;1-12-2-4-15(29-25-6-7-26-29)19(27-12)21(30)28-11-13-8-16(28)17(9-13)31-18-5-3-14(10-24-18)20(22)23;22-20(23)14-5-6-19(24-11-14)30-18-10-13-9-17(18)27(12-13)21(29)15-3-1-2-4-16(15)28-25-7-8-26-28/h1-8,11,13,17-18,21H,9-10,12H2;1-8,11,13,17-18H,9-10,12H2;2-7,10,13,16-17,20H,8-9,11H2,1H3;1-8,11,13,17-18,20H,9-10,12H2. The summed E-state index contributed by atoms with van der Waals surface area (Å²) in [7, 11) is 0. The third kappa shape index (κ3) is 17.5. The Kier molecular flexibility index (Phi) is 23.6. The third-order valence-corrected chi connectivity index (χ3v) is 23.3. The molecule has 36 heteroatoms. The number of hydrogen-bond acceptors (Lipinski definition) is 21. The van der Waals surface area contributed by atoms with Gasteiger partial charge in [0, 0.05) is 116 Å². The number of hydrogen-bond donors (Lipinski definition) is 0. The number of rotatable bonds is 19. The minimum absolute atomic E-state index is 0.0718. The molecule has 12 atom stereocenters. The highest BCUT2D eigenvalue weighted by Gasteiger charge is 2.53. The van der Waals surface area contributed by atoms with Crippen molar-refractivity contribution in [3.05, 3.63) is 270 Å². The van der Waals surface area contributed by atoms with E-state index in [2.05, 4.69) is 65.3 Å². The summed E-state index contributed by atoms with van der Waals surface area (Å²) in [5.41, 5.74) is 2.81. The maximum absolute atomic E-state index is 14.7. The zero-order chi connectivity index (χ0) is 85.1. The number of fused-ring (bicyclic) bond motifs is 8. The van der Waals surface area contributed by atoms with Gasteiger partial charge in [-0.05, 0) is 167 Å². The summed E-state index contributed by atoms with van der Waals surface area (Å²) in [6, 6.07) is 33.2. The number of nitrogens with zero attached hydrogens (tertiary/aromatic N) is 19. The highest BCUT2D eigenvalue weighted by Crippen LogP contribution is 2.46. The van der Waals surface area contributed by atoms with Crippen molar-refractivity contribution in [2.75, 3.05) is 26.2 Å². The van der Waals surface area contributed by atoms with Gasteiger partial charge in [-0.25, -0.2) is 84.4 Å². The molecule has 4 aliphatic heterocycles. The maximum Gasteiger partial charge on any atom is 0.275 e. The minimum atomic E-state index is -2.60. The second kappa shape index (κ2) is 35.5. The van der Waals surface area contributed by atoms with Crippen LogP contribution in [0.5, 0.6) is 23.5 Å². The lowest BCUT2D eigenvalue weighted by Crippen LogP contribution is -2.47. The fraction of sp³-hybridized carbons (Fsp3) is 0.322. The predicted molar refractivity (Wildman–Crippen MR) is 420 cm³/mol. The Morgan fingerprint density at radius 3 is 1.06 bits per heavy atom. The summed E-state index contributed by atoms with van der Waals surface area (Å²) in [4.78, 5) is 100. The first kappa shape index (κ1) is 81.7. The molecular weight excluding hydrogens is 1610 g/mol. The molecule has 4 amide bonds. The number of para-hydroxylation sites is 1. The lowest BCUT2D eigenvalue weighted by atomic mass is 10.0. The van der Waals surface area contributed by atoms with Gasteiger partial charge in [-0.3, -0.25) is 19.2 Å². The number of carbonyl (C=O) groups excluding carboxylic acids is 4. The molecule has 13 heterocycles. The quantitative estimate of drug-likeness (QED) is 0.0679. The summed E-state index contributed by atoms with van der Waals surface area (Å²) in [6.07, 6.45) is 14.3. The summed E-state index contributed by atoms with van der Waals surface area (Å²) < 4.78 is 143. The van der Waals surface area contributed by atoms with Crippen LogP contribution in [0.15, 0.2) is 208 Å². The van der Waals surface area contributed by atoms with Gasteiger partial charge in [0.1, 0.15) is 47.6 Å². The van der Waals surface area contributed by atoms with Crippen molar-refractivity contribution >= 4 is 23.6 Å². The maximum atomic E-state index is 14.7. The topological polar surface area (TPSA) is 296 Å². The second-order valence-corrected chi connectivity index (χ2v) is 31.0. The number of aromatic nitrogens is 15. The molecule has 20 rings (SSSR count). The number of pyridine rings is 5. The zero-order valence-electron chi connectivity index (χ0n) is 65.4. The van der Waals surface area contributed by atoms with E-state index in [1.54, 1.807) is 75.9 Å². The average Bonchev–Trinajstić information content (AvgIpc) is 1.63. The van der Waals surface area contributed by atoms with Gasteiger partial charge in [0.05, 0.1) is 88.7 Å². The number of ether oxygens (including phenoxy) is 4. The van der Waals surface area contributed by atoms with Crippen LogP contribution in [-0.4, -0.2) is 193 Å². The molecule has 8 fully saturated rings. The summed E-state index contributed by atoms with van der Waals surface area (Å²) in [5, 5.41) is 16.6. The van der Waals surface area contributed by atoms with Crippen LogP contribution in [0.2, 0.25) is 0 Å². The Bertz CT molecular complexity index is 5740. The van der Waals surface area contributed by atoms with E-state index >= 15 is 0 Å². The van der Waals surface area contributed by atoms with Gasteiger partial charge < -0.3 is 38.5 Å². The number of amides is 4. The van der Waals surface area contributed by atoms with E-state index in [9.17, 15) is 58.7 Å². The van der Waals surface area contributed by atoms with Crippen LogP contribution in [0, 0.1) is 48.0 Å². The number of halogens is 9. The van der Waals surface area contributed by atoms with Crippen LogP contribution < -0.4 is 18.9 Å². The van der Waals surface area contributed by atoms with Crippen molar-refractivity contribution < 1.29 is 77.6 Å². The highest BCUT2D eigenvalue weighted by atomic mass is 19.3. The van der Waals surface area contributed by atoms with Crippen LogP contribution >= 0.6 is 0 Å². The number of likely N-dealkylation sites (tertiary alicyclic amines) is 4. The zero-order valence-corrected chi connectivity index (χ0v) is 65.4. The molecule has 0 N–H and O–H groups in total. The van der Waals surface area contributed by atoms with Gasteiger partial charge in [0.2, 0.25) is 23.5 Å². The van der Waals surface area contributed by atoms with E-state index < -0.39 is 36.7 Å². The van der Waals surface area contributed by atoms with E-state index in [1.165, 1.54) is 107 Å². The Morgan fingerprint density at radius 1 is 0.350 bits per heavy atom. The molecule has 9 aromatic heterocycles. The lowest BCUT2D eigenvalue weighted by molar-refractivity contribution is 0.0459. The summed E-state index contributed by atoms with van der Waals surface area (Å²) in [6.45, 7) is 4.26.